The molecular weight excluding hydrogens is 258 g/mol. The van der Waals surface area contributed by atoms with Gasteiger partial charge in [0.2, 0.25) is 0 Å². The Balaban J connectivity index is 1.71. The molecule has 0 spiro atoms. The highest BCUT2D eigenvalue weighted by atomic mass is 32.2. The molecule has 2 aliphatic rings. The average molecular weight is 285 g/mol. The second-order valence-electron chi connectivity index (χ2n) is 6.11. The number of hydrogen-bond acceptors (Lipinski definition) is 4. The molecule has 1 N–H and O–H groups in total. The van der Waals surface area contributed by atoms with Crippen LogP contribution in [0.1, 0.15) is 51.9 Å². The van der Waals surface area contributed by atoms with E-state index in [1.807, 2.05) is 0 Å². The van der Waals surface area contributed by atoms with Crippen molar-refractivity contribution in [2.24, 2.45) is 5.41 Å². The molecule has 2 aliphatic carbocycles. The lowest BCUT2D eigenvalue weighted by atomic mass is 9.95. The summed E-state index contributed by atoms with van der Waals surface area (Å²) in [6.45, 7) is 3.26. The number of hydrogen-bond donors (Lipinski definition) is 1. The van der Waals surface area contributed by atoms with Crippen molar-refractivity contribution < 1.29 is 9.53 Å². The van der Waals surface area contributed by atoms with Crippen molar-refractivity contribution >= 4 is 17.7 Å². The number of carbonyl (C=O) groups excluding carboxylic acids is 1. The topological polar surface area (TPSA) is 38.3 Å². The van der Waals surface area contributed by atoms with Crippen molar-refractivity contribution in [1.29, 1.82) is 0 Å². The van der Waals surface area contributed by atoms with Gasteiger partial charge in [-0.3, -0.25) is 4.79 Å². The van der Waals surface area contributed by atoms with Crippen LogP contribution < -0.4 is 5.32 Å². The highest BCUT2D eigenvalue weighted by Crippen LogP contribution is 2.52. The van der Waals surface area contributed by atoms with E-state index >= 15 is 0 Å². The third kappa shape index (κ3) is 4.67. The highest BCUT2D eigenvalue weighted by Gasteiger charge is 2.45. The van der Waals surface area contributed by atoms with Gasteiger partial charge in [-0.25, -0.2) is 0 Å². The van der Waals surface area contributed by atoms with Gasteiger partial charge in [0.15, 0.2) is 0 Å². The number of methoxy groups -OCH3 is 1. The van der Waals surface area contributed by atoms with Gasteiger partial charge in [0, 0.05) is 11.3 Å². The Morgan fingerprint density at radius 2 is 2.21 bits per heavy atom. The molecule has 2 atom stereocenters. The molecule has 0 aromatic carbocycles. The molecule has 0 radical (unpaired) electrons. The number of esters is 1. The molecule has 0 aromatic heterocycles. The van der Waals surface area contributed by atoms with E-state index in [9.17, 15) is 4.79 Å². The first-order valence-corrected chi connectivity index (χ1v) is 8.64. The summed E-state index contributed by atoms with van der Waals surface area (Å²) in [6, 6.07) is 0.715. The van der Waals surface area contributed by atoms with Gasteiger partial charge >= 0.3 is 5.97 Å². The van der Waals surface area contributed by atoms with Crippen molar-refractivity contribution in [3.05, 3.63) is 0 Å². The molecule has 19 heavy (non-hydrogen) atoms. The fraction of sp³-hybridized carbons (Fsp3) is 0.933. The van der Waals surface area contributed by atoms with Gasteiger partial charge in [-0.05, 0) is 49.8 Å². The minimum Gasteiger partial charge on any atom is -0.469 e. The number of nitrogens with one attached hydrogen (secondary N) is 1. The Bertz CT molecular complexity index is 303. The smallest absolute Gasteiger partial charge is 0.306 e. The van der Waals surface area contributed by atoms with Crippen LogP contribution in [0.25, 0.3) is 0 Å². The van der Waals surface area contributed by atoms with Crippen molar-refractivity contribution in [3.63, 3.8) is 0 Å². The summed E-state index contributed by atoms with van der Waals surface area (Å²) in [5, 5.41) is 4.37. The van der Waals surface area contributed by atoms with Crippen LogP contribution in [0.15, 0.2) is 0 Å². The summed E-state index contributed by atoms with van der Waals surface area (Å²) in [5.41, 5.74) is 0.281. The van der Waals surface area contributed by atoms with Crippen LogP contribution in [0.3, 0.4) is 0 Å². The zero-order valence-corrected chi connectivity index (χ0v) is 13.1. The van der Waals surface area contributed by atoms with Crippen LogP contribution in [-0.2, 0) is 9.53 Å². The van der Waals surface area contributed by atoms with Crippen molar-refractivity contribution in [2.75, 3.05) is 19.4 Å². The predicted molar refractivity (Wildman–Crippen MR) is 80.5 cm³/mol. The van der Waals surface area contributed by atoms with E-state index in [1.165, 1.54) is 45.6 Å². The summed E-state index contributed by atoms with van der Waals surface area (Å²) < 4.78 is 4.81. The zero-order valence-electron chi connectivity index (χ0n) is 12.2. The lowest BCUT2D eigenvalue weighted by molar-refractivity contribution is -0.141. The van der Waals surface area contributed by atoms with Gasteiger partial charge < -0.3 is 10.1 Å². The van der Waals surface area contributed by atoms with Gasteiger partial charge in [0.25, 0.3) is 0 Å². The minimum absolute atomic E-state index is 0.0349. The van der Waals surface area contributed by atoms with Crippen molar-refractivity contribution in [2.45, 2.75) is 63.2 Å². The van der Waals surface area contributed by atoms with Crippen LogP contribution in [-0.4, -0.2) is 36.7 Å². The van der Waals surface area contributed by atoms with Crippen molar-refractivity contribution in [3.8, 4) is 0 Å². The second-order valence-corrected chi connectivity index (χ2v) is 7.40. The molecule has 2 unspecified atom stereocenters. The van der Waals surface area contributed by atoms with E-state index in [-0.39, 0.29) is 11.4 Å². The Morgan fingerprint density at radius 3 is 2.84 bits per heavy atom. The number of ether oxygens (including phenoxy) is 1. The maximum Gasteiger partial charge on any atom is 0.306 e. The largest absolute Gasteiger partial charge is 0.469 e. The van der Waals surface area contributed by atoms with Gasteiger partial charge in [-0.2, -0.15) is 11.8 Å². The lowest BCUT2D eigenvalue weighted by Crippen LogP contribution is -2.35. The van der Waals surface area contributed by atoms with Crippen LogP contribution in [0.4, 0.5) is 0 Å². The molecule has 0 amide bonds. The maximum absolute atomic E-state index is 11.4. The minimum atomic E-state index is -0.0349. The SMILES string of the molecule is CCNC1CCCC(SCC2(CC(=O)OC)CC2)C1. The fourth-order valence-electron chi connectivity index (χ4n) is 2.99. The molecule has 2 saturated carbocycles. The Hall–Kier alpha value is -0.220. The summed E-state index contributed by atoms with van der Waals surface area (Å²) in [5.74, 6) is 1.11. The van der Waals surface area contributed by atoms with Gasteiger partial charge in [0.05, 0.1) is 13.5 Å². The third-order valence-electron chi connectivity index (χ3n) is 4.45. The molecule has 0 aromatic rings. The van der Waals surface area contributed by atoms with E-state index in [4.69, 9.17) is 4.74 Å². The molecule has 0 heterocycles. The van der Waals surface area contributed by atoms with E-state index in [0.717, 1.165) is 17.5 Å². The first kappa shape index (κ1) is 15.2. The van der Waals surface area contributed by atoms with Crippen LogP contribution >= 0.6 is 11.8 Å². The molecule has 0 bridgehead atoms. The van der Waals surface area contributed by atoms with Gasteiger partial charge in [-0.15, -0.1) is 0 Å². The second kappa shape index (κ2) is 6.98. The van der Waals surface area contributed by atoms with E-state index in [1.54, 1.807) is 0 Å². The predicted octanol–water partition coefficient (Wildman–Crippen LogP) is 2.98. The quantitative estimate of drug-likeness (QED) is 0.730. The van der Waals surface area contributed by atoms with E-state index in [2.05, 4.69) is 24.0 Å². The Labute approximate surface area is 121 Å². The van der Waals surface area contributed by atoms with Gasteiger partial charge in [-0.1, -0.05) is 13.3 Å². The number of carbonyl (C=O) groups is 1. The Morgan fingerprint density at radius 1 is 1.42 bits per heavy atom. The fourth-order valence-corrected chi connectivity index (χ4v) is 4.67. The molecular formula is C15H27NO2S. The molecule has 3 nitrogen and oxygen atoms in total. The molecule has 0 saturated heterocycles. The molecule has 2 rings (SSSR count). The maximum atomic E-state index is 11.4. The van der Waals surface area contributed by atoms with Crippen molar-refractivity contribution in [1.82, 2.24) is 5.32 Å². The monoisotopic (exact) mass is 285 g/mol. The normalized spacial score (nSPS) is 28.9. The molecule has 4 heteroatoms. The number of thioether (sulfide) groups is 1. The standard InChI is InChI=1S/C15H27NO2S/c1-3-16-12-5-4-6-13(9-12)19-11-15(7-8-15)10-14(17)18-2/h12-13,16H,3-11H2,1-2H3. The van der Waals surface area contributed by atoms with Crippen LogP contribution in [0.2, 0.25) is 0 Å². The highest BCUT2D eigenvalue weighted by molar-refractivity contribution is 7.99. The lowest BCUT2D eigenvalue weighted by Gasteiger charge is -2.30. The average Bonchev–Trinajstić information content (AvgIpc) is 3.17. The first-order valence-electron chi connectivity index (χ1n) is 7.59. The molecule has 110 valence electrons. The van der Waals surface area contributed by atoms with E-state index < -0.39 is 0 Å². The Kier molecular flexibility index (Phi) is 5.58. The summed E-state index contributed by atoms with van der Waals surface area (Å²) >= 11 is 2.10. The van der Waals surface area contributed by atoms with E-state index in [0.29, 0.717) is 12.5 Å². The summed E-state index contributed by atoms with van der Waals surface area (Å²) in [4.78, 5) is 11.4. The van der Waals surface area contributed by atoms with Crippen LogP contribution in [0.5, 0.6) is 0 Å². The number of rotatable bonds is 7. The molecule has 2 fully saturated rings. The summed E-state index contributed by atoms with van der Waals surface area (Å²) in [7, 11) is 1.49. The van der Waals surface area contributed by atoms with Crippen LogP contribution in [0, 0.1) is 5.41 Å². The summed E-state index contributed by atoms with van der Waals surface area (Å²) in [6.07, 6.45) is 8.36. The molecule has 0 aliphatic heterocycles. The van der Waals surface area contributed by atoms with Gasteiger partial charge in [0.1, 0.15) is 0 Å². The third-order valence-corrected chi connectivity index (χ3v) is 6.13. The zero-order chi connectivity index (χ0) is 13.7. The first-order chi connectivity index (χ1) is 9.17.